The molecule has 8 heteroatoms. The maximum Gasteiger partial charge on any atom is 0.271 e. The van der Waals surface area contributed by atoms with Crippen molar-refractivity contribution in [2.45, 2.75) is 25.5 Å². The normalized spacial score (nSPS) is 15.6. The van der Waals surface area contributed by atoms with Gasteiger partial charge in [0.1, 0.15) is 12.4 Å². The van der Waals surface area contributed by atoms with E-state index in [1.807, 2.05) is 83.4 Å². The van der Waals surface area contributed by atoms with Crippen molar-refractivity contribution in [3.63, 3.8) is 0 Å². The molecule has 0 saturated heterocycles. The number of aryl methyl sites for hydroxylation is 1. The van der Waals surface area contributed by atoms with Gasteiger partial charge in [0.05, 0.1) is 30.5 Å². The molecule has 44 heavy (non-hydrogen) atoms. The molecule has 5 aromatic rings. The monoisotopic (exact) mass is 620 g/mol. The molecule has 1 aromatic heterocycles. The van der Waals surface area contributed by atoms with Gasteiger partial charge in [0.15, 0.2) is 16.3 Å². The van der Waals surface area contributed by atoms with Crippen LogP contribution in [0.1, 0.15) is 40.3 Å². The topological polar surface area (TPSA) is 62.0 Å². The number of rotatable bonds is 7. The van der Waals surface area contributed by atoms with Gasteiger partial charge < -0.3 is 14.2 Å². The minimum atomic E-state index is -0.314. The van der Waals surface area contributed by atoms with E-state index in [0.29, 0.717) is 32.5 Å². The summed E-state index contributed by atoms with van der Waals surface area (Å²) in [5.74, 6) is 1.99. The third-order valence-corrected chi connectivity index (χ3v) is 9.31. The van der Waals surface area contributed by atoms with Crippen molar-refractivity contribution in [2.24, 2.45) is 4.99 Å². The lowest BCUT2D eigenvalue weighted by atomic mass is 9.83. The van der Waals surface area contributed by atoms with E-state index < -0.39 is 0 Å². The molecular weight excluding hydrogens is 592 g/mol. The van der Waals surface area contributed by atoms with Crippen LogP contribution in [0, 0.1) is 0 Å². The highest BCUT2D eigenvalue weighted by Gasteiger charge is 2.33. The van der Waals surface area contributed by atoms with Crippen LogP contribution in [0.3, 0.4) is 0 Å². The number of thiazole rings is 1. The largest absolute Gasteiger partial charge is 0.493 e. The molecule has 1 aliphatic heterocycles. The van der Waals surface area contributed by atoms with Crippen molar-refractivity contribution in [1.29, 1.82) is 0 Å². The molecule has 1 atom stereocenters. The molecule has 2 aliphatic rings. The van der Waals surface area contributed by atoms with Gasteiger partial charge in [-0.05, 0) is 83.1 Å². The number of nitrogens with zero attached hydrogens (tertiary/aromatic N) is 2. The Morgan fingerprint density at radius 3 is 2.57 bits per heavy atom. The Kier molecular flexibility index (Phi) is 7.58. The molecule has 0 fully saturated rings. The van der Waals surface area contributed by atoms with Crippen molar-refractivity contribution >= 4 is 34.7 Å². The molecular formula is C36H29ClN2O4S. The molecule has 0 spiro atoms. The molecule has 0 unspecified atom stereocenters. The number of fused-ring (bicyclic) bond motifs is 3. The number of methoxy groups -OCH3 is 2. The fourth-order valence-electron chi connectivity index (χ4n) is 5.94. The number of halogens is 1. The zero-order chi connectivity index (χ0) is 30.2. The van der Waals surface area contributed by atoms with Gasteiger partial charge in [-0.2, -0.15) is 0 Å². The first-order valence-electron chi connectivity index (χ1n) is 14.3. The molecule has 0 N–H and O–H groups in total. The number of ether oxygens (including phenoxy) is 3. The molecule has 0 saturated carbocycles. The van der Waals surface area contributed by atoms with Crippen LogP contribution in [-0.4, -0.2) is 18.8 Å². The summed E-state index contributed by atoms with van der Waals surface area (Å²) in [6.07, 6.45) is 3.62. The van der Waals surface area contributed by atoms with Crippen molar-refractivity contribution in [2.75, 3.05) is 14.2 Å². The third kappa shape index (κ3) is 5.23. The van der Waals surface area contributed by atoms with Crippen molar-refractivity contribution in [1.82, 2.24) is 4.57 Å². The Hall–Kier alpha value is -4.59. The van der Waals surface area contributed by atoms with Gasteiger partial charge in [-0.3, -0.25) is 9.36 Å². The Balaban J connectivity index is 1.32. The van der Waals surface area contributed by atoms with Crippen LogP contribution in [0.4, 0.5) is 0 Å². The van der Waals surface area contributed by atoms with E-state index in [4.69, 9.17) is 30.8 Å². The fraction of sp³-hybridized carbons (Fsp3) is 0.167. The van der Waals surface area contributed by atoms with Gasteiger partial charge in [0, 0.05) is 10.6 Å². The van der Waals surface area contributed by atoms with E-state index in [9.17, 15) is 4.79 Å². The van der Waals surface area contributed by atoms with E-state index in [1.165, 1.54) is 16.9 Å². The summed E-state index contributed by atoms with van der Waals surface area (Å²) in [5, 5.41) is 0.690. The van der Waals surface area contributed by atoms with Gasteiger partial charge in [-0.1, -0.05) is 77.5 Å². The Labute approximate surface area is 263 Å². The van der Waals surface area contributed by atoms with E-state index in [-0.39, 0.29) is 11.6 Å². The van der Waals surface area contributed by atoms with Crippen LogP contribution in [0.5, 0.6) is 17.2 Å². The quantitative estimate of drug-likeness (QED) is 0.207. The van der Waals surface area contributed by atoms with Crippen LogP contribution in [-0.2, 0) is 13.0 Å². The summed E-state index contributed by atoms with van der Waals surface area (Å²) >= 11 is 7.42. The molecule has 7 rings (SSSR count). The summed E-state index contributed by atoms with van der Waals surface area (Å²) in [5.41, 5.74) is 7.26. The first-order valence-corrected chi connectivity index (χ1v) is 15.5. The van der Waals surface area contributed by atoms with Crippen LogP contribution >= 0.6 is 22.9 Å². The second-order valence-electron chi connectivity index (χ2n) is 10.7. The summed E-state index contributed by atoms with van der Waals surface area (Å²) in [7, 11) is 3.25. The molecule has 4 aromatic carbocycles. The molecule has 6 nitrogen and oxygen atoms in total. The maximum absolute atomic E-state index is 14.2. The van der Waals surface area contributed by atoms with Crippen LogP contribution in [0.15, 0.2) is 106 Å². The highest BCUT2D eigenvalue weighted by atomic mass is 35.5. The zero-order valence-corrected chi connectivity index (χ0v) is 25.8. The van der Waals surface area contributed by atoms with Gasteiger partial charge in [0.2, 0.25) is 0 Å². The van der Waals surface area contributed by atoms with Crippen LogP contribution in [0.2, 0.25) is 5.02 Å². The van der Waals surface area contributed by atoms with Gasteiger partial charge in [-0.15, -0.1) is 0 Å². The lowest BCUT2D eigenvalue weighted by molar-refractivity contribution is 0.306. The number of hydrogen-bond donors (Lipinski definition) is 0. The average molecular weight is 621 g/mol. The molecule has 0 amide bonds. The SMILES string of the molecule is COc1ccc([C@H]2C3=C(N=c4s/c(=C/c5cccc(OCc6ccc(Cl)cc6)c5)c(=O)n42)c2ccccc2CC3)cc1OC. The molecule has 1 aliphatic carbocycles. The highest BCUT2D eigenvalue weighted by molar-refractivity contribution is 7.07. The summed E-state index contributed by atoms with van der Waals surface area (Å²) in [6.45, 7) is 0.418. The maximum atomic E-state index is 14.2. The third-order valence-electron chi connectivity index (χ3n) is 8.07. The second-order valence-corrected chi connectivity index (χ2v) is 12.2. The van der Waals surface area contributed by atoms with E-state index in [0.717, 1.165) is 52.1 Å². The highest BCUT2D eigenvalue weighted by Crippen LogP contribution is 2.42. The Bertz CT molecular complexity index is 2100. The molecule has 0 radical (unpaired) electrons. The lowest BCUT2D eigenvalue weighted by Gasteiger charge is -2.31. The van der Waals surface area contributed by atoms with E-state index in [2.05, 4.69) is 18.2 Å². The van der Waals surface area contributed by atoms with E-state index in [1.54, 1.807) is 14.2 Å². The second kappa shape index (κ2) is 11.8. The van der Waals surface area contributed by atoms with Crippen molar-refractivity contribution in [3.8, 4) is 17.2 Å². The summed E-state index contributed by atoms with van der Waals surface area (Å²) < 4.78 is 19.7. The predicted molar refractivity (Wildman–Crippen MR) is 175 cm³/mol. The zero-order valence-electron chi connectivity index (χ0n) is 24.2. The van der Waals surface area contributed by atoms with Gasteiger partial charge >= 0.3 is 0 Å². The Morgan fingerprint density at radius 1 is 0.932 bits per heavy atom. The Morgan fingerprint density at radius 2 is 1.75 bits per heavy atom. The minimum Gasteiger partial charge on any atom is -0.493 e. The fourth-order valence-corrected chi connectivity index (χ4v) is 7.07. The first-order chi connectivity index (χ1) is 21.5. The molecule has 0 bridgehead atoms. The van der Waals surface area contributed by atoms with Gasteiger partial charge in [-0.25, -0.2) is 4.99 Å². The summed E-state index contributed by atoms with van der Waals surface area (Å²) in [4.78, 5) is 20.0. The standard InChI is InChI=1S/C36H29ClN2O4S/c1-41-30-17-13-25(20-31(30)42-2)34-29-16-12-24-7-3-4-9-28(24)33(29)38-36-39(34)35(40)32(44-36)19-23-6-5-8-27(18-23)43-21-22-10-14-26(37)15-11-22/h3-11,13-15,17-20,34H,12,16,21H2,1-2H3/b32-19+/t34-/m0/s1. The van der Waals surface area contributed by atoms with Crippen LogP contribution in [0.25, 0.3) is 11.8 Å². The van der Waals surface area contributed by atoms with Crippen LogP contribution < -0.4 is 29.1 Å². The average Bonchev–Trinajstić information content (AvgIpc) is 3.37. The van der Waals surface area contributed by atoms with Crippen molar-refractivity contribution in [3.05, 3.63) is 149 Å². The molecule has 2 heterocycles. The summed E-state index contributed by atoms with van der Waals surface area (Å²) in [6, 6.07) is 29.3. The molecule has 220 valence electrons. The minimum absolute atomic E-state index is 0.0774. The van der Waals surface area contributed by atoms with E-state index >= 15 is 0 Å². The smallest absolute Gasteiger partial charge is 0.271 e. The number of benzene rings is 4. The predicted octanol–water partition coefficient (Wildman–Crippen LogP) is 6.57. The first kappa shape index (κ1) is 28.2. The van der Waals surface area contributed by atoms with Crippen molar-refractivity contribution < 1.29 is 14.2 Å². The number of hydrogen-bond acceptors (Lipinski definition) is 6. The number of aromatic nitrogens is 1. The lowest BCUT2D eigenvalue weighted by Crippen LogP contribution is -2.38. The van der Waals surface area contributed by atoms with Gasteiger partial charge in [0.25, 0.3) is 5.56 Å². The number of allylic oxidation sites excluding steroid dienone is 1.